The van der Waals surface area contributed by atoms with E-state index in [2.05, 4.69) is 20.9 Å². The second-order valence-electron chi connectivity index (χ2n) is 7.71. The number of benzene rings is 1. The first kappa shape index (κ1) is 19.3. The van der Waals surface area contributed by atoms with Gasteiger partial charge in [-0.15, -0.1) is 0 Å². The van der Waals surface area contributed by atoms with Crippen LogP contribution >= 0.6 is 0 Å². The van der Waals surface area contributed by atoms with Crippen molar-refractivity contribution in [2.45, 2.75) is 33.7 Å². The highest BCUT2D eigenvalue weighted by Gasteiger charge is 2.30. The van der Waals surface area contributed by atoms with E-state index in [1.165, 1.54) is 0 Å². The lowest BCUT2D eigenvalue weighted by atomic mass is 9.87. The van der Waals surface area contributed by atoms with Crippen molar-refractivity contribution in [1.29, 1.82) is 0 Å². The molecule has 0 aliphatic carbocycles. The normalized spacial score (nSPS) is 14.8. The Balaban J connectivity index is 2.28. The molecule has 1 aromatic heterocycles. The van der Waals surface area contributed by atoms with Crippen LogP contribution in [0.4, 0.5) is 34.8 Å². The van der Waals surface area contributed by atoms with Crippen molar-refractivity contribution in [3.8, 4) is 11.1 Å². The molecule has 1 aromatic carbocycles. The number of hydrogen-bond donors (Lipinski definition) is 3. The monoisotopic (exact) mass is 382 g/mol. The van der Waals surface area contributed by atoms with Gasteiger partial charge in [0.15, 0.2) is 5.82 Å². The Morgan fingerprint density at radius 2 is 1.59 bits per heavy atom. The third-order valence-electron chi connectivity index (χ3n) is 4.79. The minimum absolute atomic E-state index is 0.169. The van der Waals surface area contributed by atoms with Crippen LogP contribution in [-0.4, -0.2) is 24.1 Å². The quantitative estimate of drug-likeness (QED) is 0.517. The molecule has 1 aliphatic heterocycles. The molecule has 0 unspecified atom stereocenters. The summed E-state index contributed by atoms with van der Waals surface area (Å²) in [5, 5.41) is 9.25. The average Bonchev–Trinajstić information content (AvgIpc) is 2.55. The van der Waals surface area contributed by atoms with Crippen LogP contribution in [0.25, 0.3) is 11.1 Å². The molecule has 3 N–H and O–H groups in total. The lowest BCUT2D eigenvalue weighted by molar-refractivity contribution is 0.359. The van der Waals surface area contributed by atoms with Crippen molar-refractivity contribution in [3.63, 3.8) is 0 Å². The molecule has 0 amide bonds. The van der Waals surface area contributed by atoms with Crippen molar-refractivity contribution < 1.29 is 17.6 Å². The summed E-state index contributed by atoms with van der Waals surface area (Å²) in [7, 11) is 0. The predicted octanol–water partition coefficient (Wildman–Crippen LogP) is 4.99. The van der Waals surface area contributed by atoms with E-state index in [1.54, 1.807) is 0 Å². The number of aromatic nitrogens is 1. The van der Waals surface area contributed by atoms with Gasteiger partial charge in [-0.2, -0.15) is 9.37 Å². The fourth-order valence-electron chi connectivity index (χ4n) is 2.81. The zero-order chi connectivity index (χ0) is 19.9. The molecule has 1 atom stereocenters. The standard InChI is InChI=1S/C19H22F4N4/c1-9(19(2,3)4)26-15-14(13-11(21)7-10(20)8-12(13)22)17(23)27-18-16(15)24-5-6-25-18/h7-9,24H,5-6H2,1-4H3,(H2,25,26,27)/t9-/m1/s1. The van der Waals surface area contributed by atoms with Gasteiger partial charge in [0.05, 0.1) is 16.8 Å². The number of rotatable bonds is 3. The van der Waals surface area contributed by atoms with Crippen LogP contribution in [0.3, 0.4) is 0 Å². The number of nitrogens with one attached hydrogen (secondary N) is 3. The first-order valence-electron chi connectivity index (χ1n) is 8.72. The molecule has 146 valence electrons. The van der Waals surface area contributed by atoms with Crippen molar-refractivity contribution in [2.75, 3.05) is 29.0 Å². The maximum absolute atomic E-state index is 14.9. The molecule has 1 aliphatic rings. The molecule has 0 spiro atoms. The maximum atomic E-state index is 14.9. The molecular formula is C19H22F4N4. The van der Waals surface area contributed by atoms with Gasteiger partial charge in [-0.3, -0.25) is 0 Å². The number of hydrogen-bond acceptors (Lipinski definition) is 4. The molecule has 0 fully saturated rings. The third kappa shape index (κ3) is 3.65. The van der Waals surface area contributed by atoms with E-state index in [1.807, 2.05) is 27.7 Å². The summed E-state index contributed by atoms with van der Waals surface area (Å²) in [4.78, 5) is 3.82. The number of nitrogens with zero attached hydrogens (tertiary/aromatic N) is 1. The van der Waals surface area contributed by atoms with E-state index >= 15 is 0 Å². The van der Waals surface area contributed by atoms with Gasteiger partial charge >= 0.3 is 0 Å². The van der Waals surface area contributed by atoms with Gasteiger partial charge in [0.1, 0.15) is 23.1 Å². The minimum Gasteiger partial charge on any atom is -0.380 e. The summed E-state index contributed by atoms with van der Waals surface area (Å²) in [6.07, 6.45) is 0. The Labute approximate surface area is 155 Å². The molecule has 0 saturated carbocycles. The smallest absolute Gasteiger partial charge is 0.225 e. The summed E-state index contributed by atoms with van der Waals surface area (Å²) in [6, 6.07) is 0.886. The Hall–Kier alpha value is -2.51. The van der Waals surface area contributed by atoms with Gasteiger partial charge in [0.2, 0.25) is 5.95 Å². The van der Waals surface area contributed by atoms with Gasteiger partial charge < -0.3 is 16.0 Å². The molecule has 0 radical (unpaired) electrons. The van der Waals surface area contributed by atoms with Crippen LogP contribution < -0.4 is 16.0 Å². The summed E-state index contributed by atoms with van der Waals surface area (Å²) < 4.78 is 57.1. The van der Waals surface area contributed by atoms with Crippen LogP contribution in [0.5, 0.6) is 0 Å². The van der Waals surface area contributed by atoms with Crippen LogP contribution in [0.1, 0.15) is 27.7 Å². The summed E-state index contributed by atoms with van der Waals surface area (Å²) in [6.45, 7) is 8.92. The Morgan fingerprint density at radius 3 is 2.19 bits per heavy atom. The number of anilines is 3. The molecular weight excluding hydrogens is 360 g/mol. The van der Waals surface area contributed by atoms with Crippen molar-refractivity contribution in [1.82, 2.24) is 4.98 Å². The largest absolute Gasteiger partial charge is 0.380 e. The molecule has 4 nitrogen and oxygen atoms in total. The fourth-order valence-corrected chi connectivity index (χ4v) is 2.81. The molecule has 0 saturated heterocycles. The van der Waals surface area contributed by atoms with Gasteiger partial charge in [0, 0.05) is 31.3 Å². The van der Waals surface area contributed by atoms with Gasteiger partial charge in [0.25, 0.3) is 0 Å². The van der Waals surface area contributed by atoms with E-state index in [-0.39, 0.29) is 28.5 Å². The van der Waals surface area contributed by atoms with Crippen LogP contribution in [0.2, 0.25) is 0 Å². The SMILES string of the molecule is C[C@@H](Nc1c2c(nc(F)c1-c1c(F)cc(F)cc1F)NCCN2)C(C)(C)C. The van der Waals surface area contributed by atoms with Gasteiger partial charge in [-0.1, -0.05) is 20.8 Å². The Morgan fingerprint density at radius 1 is 1.00 bits per heavy atom. The zero-order valence-corrected chi connectivity index (χ0v) is 15.6. The first-order valence-corrected chi connectivity index (χ1v) is 8.72. The highest BCUT2D eigenvalue weighted by Crippen LogP contribution is 2.44. The minimum atomic E-state index is -1.19. The lowest BCUT2D eigenvalue weighted by Crippen LogP contribution is -2.32. The zero-order valence-electron chi connectivity index (χ0n) is 15.6. The van der Waals surface area contributed by atoms with E-state index in [0.29, 0.717) is 30.9 Å². The molecule has 3 rings (SSSR count). The average molecular weight is 382 g/mol. The summed E-state index contributed by atoms with van der Waals surface area (Å²) >= 11 is 0. The number of halogens is 4. The first-order chi connectivity index (χ1) is 12.6. The van der Waals surface area contributed by atoms with E-state index in [0.717, 1.165) is 0 Å². The fraction of sp³-hybridized carbons (Fsp3) is 0.421. The molecule has 0 bridgehead atoms. The Bertz CT molecular complexity index is 854. The highest BCUT2D eigenvalue weighted by atomic mass is 19.1. The van der Waals surface area contributed by atoms with E-state index in [4.69, 9.17) is 0 Å². The highest BCUT2D eigenvalue weighted by molar-refractivity contribution is 5.93. The number of pyridine rings is 1. The van der Waals surface area contributed by atoms with Gasteiger partial charge in [-0.25, -0.2) is 13.2 Å². The van der Waals surface area contributed by atoms with Crippen molar-refractivity contribution in [3.05, 3.63) is 35.5 Å². The van der Waals surface area contributed by atoms with Gasteiger partial charge in [-0.05, 0) is 12.3 Å². The third-order valence-corrected chi connectivity index (χ3v) is 4.79. The molecule has 2 aromatic rings. The maximum Gasteiger partial charge on any atom is 0.225 e. The second-order valence-corrected chi connectivity index (χ2v) is 7.71. The Kier molecular flexibility index (Phi) is 4.92. The van der Waals surface area contributed by atoms with Crippen LogP contribution in [0, 0.1) is 28.8 Å². The second kappa shape index (κ2) is 6.90. The van der Waals surface area contributed by atoms with Crippen LogP contribution in [-0.2, 0) is 0 Å². The molecule has 8 heteroatoms. The molecule has 27 heavy (non-hydrogen) atoms. The lowest BCUT2D eigenvalue weighted by Gasteiger charge is -2.32. The van der Waals surface area contributed by atoms with E-state index < -0.39 is 29.0 Å². The van der Waals surface area contributed by atoms with Crippen molar-refractivity contribution >= 4 is 17.2 Å². The topological polar surface area (TPSA) is 49.0 Å². The predicted molar refractivity (Wildman–Crippen MR) is 99.0 cm³/mol. The number of fused-ring (bicyclic) bond motifs is 1. The molecule has 2 heterocycles. The van der Waals surface area contributed by atoms with Crippen molar-refractivity contribution in [2.24, 2.45) is 5.41 Å². The summed E-state index contributed by atoms with van der Waals surface area (Å²) in [5.74, 6) is -4.24. The van der Waals surface area contributed by atoms with Crippen LogP contribution in [0.15, 0.2) is 12.1 Å². The van der Waals surface area contributed by atoms with E-state index in [9.17, 15) is 17.6 Å². The summed E-state index contributed by atoms with van der Waals surface area (Å²) in [5.41, 5.74) is -0.615.